The van der Waals surface area contributed by atoms with Crippen LogP contribution >= 0.6 is 0 Å². The Morgan fingerprint density at radius 1 is 1.39 bits per heavy atom. The van der Waals surface area contributed by atoms with Crippen molar-refractivity contribution < 1.29 is 4.79 Å². The summed E-state index contributed by atoms with van der Waals surface area (Å²) < 4.78 is 0. The molecule has 1 fully saturated rings. The normalized spacial score (nSPS) is 21.7. The quantitative estimate of drug-likeness (QED) is 0.825. The topological polar surface area (TPSA) is 72.4 Å². The van der Waals surface area contributed by atoms with Crippen molar-refractivity contribution in [2.24, 2.45) is 11.5 Å². The van der Waals surface area contributed by atoms with E-state index in [1.54, 1.807) is 0 Å². The fraction of sp³-hybridized carbons (Fsp3) is 0.500. The standard InChI is InChI=1S/C14H21N3O/c15-9-13(11-5-2-1-3-6-11)14(18)17-8-4-7-12(16)10-17/h1-3,5-6,12-13H,4,7-10,15-16H2/t12-,13+/m1/s1. The predicted molar refractivity (Wildman–Crippen MR) is 72.0 cm³/mol. The van der Waals surface area contributed by atoms with Gasteiger partial charge >= 0.3 is 0 Å². The predicted octanol–water partition coefficient (Wildman–Crippen LogP) is 0.679. The van der Waals surface area contributed by atoms with Crippen LogP contribution in [0.5, 0.6) is 0 Å². The molecule has 98 valence electrons. The molecule has 0 spiro atoms. The lowest BCUT2D eigenvalue weighted by Gasteiger charge is -2.33. The molecule has 1 aromatic rings. The fourth-order valence-electron chi connectivity index (χ4n) is 2.50. The van der Waals surface area contributed by atoms with E-state index < -0.39 is 0 Å². The van der Waals surface area contributed by atoms with Gasteiger partial charge in [-0.25, -0.2) is 0 Å². The number of rotatable bonds is 3. The summed E-state index contributed by atoms with van der Waals surface area (Å²) >= 11 is 0. The number of hydrogen-bond acceptors (Lipinski definition) is 3. The highest BCUT2D eigenvalue weighted by atomic mass is 16.2. The number of carbonyl (C=O) groups is 1. The molecule has 0 radical (unpaired) electrons. The van der Waals surface area contributed by atoms with Gasteiger partial charge < -0.3 is 16.4 Å². The number of carbonyl (C=O) groups excluding carboxylic acids is 1. The van der Waals surface area contributed by atoms with Gasteiger partial charge in [0.1, 0.15) is 0 Å². The highest BCUT2D eigenvalue weighted by Crippen LogP contribution is 2.19. The number of hydrogen-bond donors (Lipinski definition) is 2. The van der Waals surface area contributed by atoms with E-state index in [-0.39, 0.29) is 17.9 Å². The number of amides is 1. The van der Waals surface area contributed by atoms with E-state index in [4.69, 9.17) is 11.5 Å². The molecule has 0 aromatic heterocycles. The summed E-state index contributed by atoms with van der Waals surface area (Å²) in [6.07, 6.45) is 1.99. The van der Waals surface area contributed by atoms with Gasteiger partial charge in [0.05, 0.1) is 5.92 Å². The molecule has 1 aromatic carbocycles. The number of likely N-dealkylation sites (tertiary alicyclic amines) is 1. The van der Waals surface area contributed by atoms with Crippen LogP contribution in [-0.4, -0.2) is 36.5 Å². The minimum atomic E-state index is -0.239. The second kappa shape index (κ2) is 5.98. The van der Waals surface area contributed by atoms with Crippen LogP contribution in [0, 0.1) is 0 Å². The Morgan fingerprint density at radius 2 is 2.11 bits per heavy atom. The molecule has 18 heavy (non-hydrogen) atoms. The van der Waals surface area contributed by atoms with E-state index in [1.165, 1.54) is 0 Å². The van der Waals surface area contributed by atoms with E-state index in [2.05, 4.69) is 0 Å². The molecular weight excluding hydrogens is 226 g/mol. The number of nitrogens with two attached hydrogens (primary N) is 2. The molecule has 1 amide bonds. The van der Waals surface area contributed by atoms with Crippen molar-refractivity contribution in [2.45, 2.75) is 24.8 Å². The zero-order valence-electron chi connectivity index (χ0n) is 10.6. The zero-order chi connectivity index (χ0) is 13.0. The van der Waals surface area contributed by atoms with E-state index in [1.807, 2.05) is 35.2 Å². The largest absolute Gasteiger partial charge is 0.341 e. The Morgan fingerprint density at radius 3 is 2.72 bits per heavy atom. The van der Waals surface area contributed by atoms with Crippen molar-refractivity contribution in [1.29, 1.82) is 0 Å². The summed E-state index contributed by atoms with van der Waals surface area (Å²) in [5, 5.41) is 0. The maximum Gasteiger partial charge on any atom is 0.231 e. The van der Waals surface area contributed by atoms with E-state index in [9.17, 15) is 4.79 Å². The maximum absolute atomic E-state index is 12.5. The van der Waals surface area contributed by atoms with Crippen molar-refractivity contribution in [3.05, 3.63) is 35.9 Å². The van der Waals surface area contributed by atoms with Gasteiger partial charge in [-0.15, -0.1) is 0 Å². The molecule has 1 aliphatic heterocycles. The first-order chi connectivity index (χ1) is 8.72. The van der Waals surface area contributed by atoms with Crippen molar-refractivity contribution in [1.82, 2.24) is 4.90 Å². The molecule has 0 unspecified atom stereocenters. The third-order valence-electron chi connectivity index (χ3n) is 3.51. The van der Waals surface area contributed by atoms with Crippen LogP contribution in [0.3, 0.4) is 0 Å². The molecule has 2 rings (SSSR count). The maximum atomic E-state index is 12.5. The summed E-state index contributed by atoms with van der Waals surface area (Å²) in [6, 6.07) is 9.84. The number of benzene rings is 1. The first-order valence-electron chi connectivity index (χ1n) is 6.51. The number of piperidine rings is 1. The lowest BCUT2D eigenvalue weighted by molar-refractivity contribution is -0.133. The Hall–Kier alpha value is -1.39. The molecule has 4 N–H and O–H groups in total. The molecule has 0 bridgehead atoms. The van der Waals surface area contributed by atoms with E-state index in [0.717, 1.165) is 24.9 Å². The minimum absolute atomic E-state index is 0.108. The summed E-state index contributed by atoms with van der Waals surface area (Å²) in [5.74, 6) is -0.129. The lowest BCUT2D eigenvalue weighted by atomic mass is 9.96. The SMILES string of the molecule is NC[C@H](C(=O)N1CCC[C@@H](N)C1)c1ccccc1. The summed E-state index contributed by atoms with van der Waals surface area (Å²) in [4.78, 5) is 14.3. The molecular formula is C14H21N3O. The van der Waals surface area contributed by atoms with Crippen LogP contribution in [0.2, 0.25) is 0 Å². The summed E-state index contributed by atoms with van der Waals surface area (Å²) in [5.41, 5.74) is 12.7. The molecule has 4 nitrogen and oxygen atoms in total. The van der Waals surface area contributed by atoms with Crippen molar-refractivity contribution in [2.75, 3.05) is 19.6 Å². The molecule has 0 aliphatic carbocycles. The second-order valence-electron chi connectivity index (χ2n) is 4.89. The van der Waals surface area contributed by atoms with Gasteiger partial charge in [-0.2, -0.15) is 0 Å². The van der Waals surface area contributed by atoms with Crippen LogP contribution in [0.15, 0.2) is 30.3 Å². The van der Waals surface area contributed by atoms with Crippen LogP contribution in [0.1, 0.15) is 24.3 Å². The van der Waals surface area contributed by atoms with Gasteiger partial charge in [0, 0.05) is 25.7 Å². The molecule has 1 heterocycles. The molecule has 0 saturated carbocycles. The summed E-state index contributed by atoms with van der Waals surface area (Å²) in [6.45, 7) is 1.80. The first-order valence-corrected chi connectivity index (χ1v) is 6.51. The average Bonchev–Trinajstić information content (AvgIpc) is 2.41. The van der Waals surface area contributed by atoms with Gasteiger partial charge in [0.25, 0.3) is 0 Å². The van der Waals surface area contributed by atoms with Crippen LogP contribution < -0.4 is 11.5 Å². The van der Waals surface area contributed by atoms with Crippen LogP contribution in [-0.2, 0) is 4.79 Å². The van der Waals surface area contributed by atoms with E-state index in [0.29, 0.717) is 13.1 Å². The molecule has 1 saturated heterocycles. The Labute approximate surface area is 108 Å². The van der Waals surface area contributed by atoms with Gasteiger partial charge in [-0.1, -0.05) is 30.3 Å². The van der Waals surface area contributed by atoms with Gasteiger partial charge in [-0.05, 0) is 18.4 Å². The Kier molecular flexibility index (Phi) is 4.33. The molecule has 1 aliphatic rings. The average molecular weight is 247 g/mol. The van der Waals surface area contributed by atoms with Gasteiger partial charge in [-0.3, -0.25) is 4.79 Å². The first kappa shape index (κ1) is 13.1. The van der Waals surface area contributed by atoms with Gasteiger partial charge in [0.15, 0.2) is 0 Å². The fourth-order valence-corrected chi connectivity index (χ4v) is 2.50. The van der Waals surface area contributed by atoms with Gasteiger partial charge in [0.2, 0.25) is 5.91 Å². The second-order valence-corrected chi connectivity index (χ2v) is 4.89. The monoisotopic (exact) mass is 247 g/mol. The Bertz CT molecular complexity index is 393. The van der Waals surface area contributed by atoms with Crippen LogP contribution in [0.25, 0.3) is 0 Å². The third kappa shape index (κ3) is 2.89. The van der Waals surface area contributed by atoms with Crippen LogP contribution in [0.4, 0.5) is 0 Å². The number of nitrogens with zero attached hydrogens (tertiary/aromatic N) is 1. The Balaban J connectivity index is 2.10. The van der Waals surface area contributed by atoms with Crippen molar-refractivity contribution in [3.8, 4) is 0 Å². The van der Waals surface area contributed by atoms with E-state index >= 15 is 0 Å². The van der Waals surface area contributed by atoms with Crippen molar-refractivity contribution >= 4 is 5.91 Å². The lowest BCUT2D eigenvalue weighted by Crippen LogP contribution is -2.48. The summed E-state index contributed by atoms with van der Waals surface area (Å²) in [7, 11) is 0. The zero-order valence-corrected chi connectivity index (χ0v) is 10.6. The van der Waals surface area contributed by atoms with Crippen molar-refractivity contribution in [3.63, 3.8) is 0 Å². The minimum Gasteiger partial charge on any atom is -0.341 e. The molecule has 2 atom stereocenters. The highest BCUT2D eigenvalue weighted by molar-refractivity contribution is 5.84. The molecule has 4 heteroatoms. The highest BCUT2D eigenvalue weighted by Gasteiger charge is 2.27. The smallest absolute Gasteiger partial charge is 0.231 e. The third-order valence-corrected chi connectivity index (χ3v) is 3.51.